The molecule has 0 aromatic rings. The van der Waals surface area contributed by atoms with Crippen LogP contribution in [0.5, 0.6) is 0 Å². The molecule has 2 saturated heterocycles. The summed E-state index contributed by atoms with van der Waals surface area (Å²) in [7, 11) is 1.72. The molecule has 0 radical (unpaired) electrons. The minimum absolute atomic E-state index is 0.0962. The van der Waals surface area contributed by atoms with Gasteiger partial charge in [-0.05, 0) is 32.1 Å². The molecule has 1 aliphatic carbocycles. The van der Waals surface area contributed by atoms with E-state index in [4.69, 9.17) is 9.47 Å². The average molecular weight is 267 g/mol. The number of hydrogen-bond donors (Lipinski definition) is 0. The predicted molar refractivity (Wildman–Crippen MR) is 71.8 cm³/mol. The molecule has 0 bridgehead atoms. The third-order valence-electron chi connectivity index (χ3n) is 5.46. The van der Waals surface area contributed by atoms with Crippen molar-refractivity contribution in [1.29, 1.82) is 0 Å². The van der Waals surface area contributed by atoms with Crippen molar-refractivity contribution in [3.05, 3.63) is 0 Å². The lowest BCUT2D eigenvalue weighted by Crippen LogP contribution is -2.48. The van der Waals surface area contributed by atoms with Crippen LogP contribution in [0, 0.1) is 10.8 Å². The van der Waals surface area contributed by atoms with E-state index in [-0.39, 0.29) is 10.8 Å². The summed E-state index contributed by atoms with van der Waals surface area (Å²) in [5.74, 6) is 0.388. The molecule has 3 fully saturated rings. The van der Waals surface area contributed by atoms with Gasteiger partial charge < -0.3 is 14.4 Å². The van der Waals surface area contributed by atoms with E-state index in [1.54, 1.807) is 7.11 Å². The van der Waals surface area contributed by atoms with Gasteiger partial charge in [-0.15, -0.1) is 0 Å². The number of nitrogens with zero attached hydrogens (tertiary/aromatic N) is 1. The highest BCUT2D eigenvalue weighted by Crippen LogP contribution is 2.48. The lowest BCUT2D eigenvalue weighted by Gasteiger charge is -2.43. The average Bonchev–Trinajstić information content (AvgIpc) is 2.99. The molecule has 1 saturated carbocycles. The number of carbonyl (C=O) groups is 1. The summed E-state index contributed by atoms with van der Waals surface area (Å²) in [6.07, 6.45) is 6.44. The van der Waals surface area contributed by atoms with Crippen molar-refractivity contribution in [1.82, 2.24) is 4.90 Å². The first-order valence-electron chi connectivity index (χ1n) is 7.56. The fourth-order valence-corrected chi connectivity index (χ4v) is 3.89. The number of methoxy groups -OCH3 is 1. The molecule has 4 heteroatoms. The summed E-state index contributed by atoms with van der Waals surface area (Å²) in [5, 5.41) is 0. The standard InChI is InChI=1S/C15H25NO3/c1-18-9-7-15(3-2-4-15)13(17)16-8-5-14(11-16)6-10-19-12-14/h2-12H2,1H3/t14-/m1/s1. The zero-order valence-electron chi connectivity index (χ0n) is 12.0. The second-order valence-electron chi connectivity index (χ2n) is 6.66. The lowest BCUT2D eigenvalue weighted by molar-refractivity contribution is -0.148. The quantitative estimate of drug-likeness (QED) is 0.780. The van der Waals surface area contributed by atoms with Gasteiger partial charge in [0.1, 0.15) is 0 Å². The Kier molecular flexibility index (Phi) is 3.56. The minimum atomic E-state index is -0.0962. The zero-order valence-corrected chi connectivity index (χ0v) is 12.0. The van der Waals surface area contributed by atoms with E-state index in [1.807, 2.05) is 0 Å². The van der Waals surface area contributed by atoms with E-state index in [1.165, 1.54) is 6.42 Å². The third-order valence-corrected chi connectivity index (χ3v) is 5.46. The number of likely N-dealkylation sites (tertiary alicyclic amines) is 1. The molecule has 1 amide bonds. The largest absolute Gasteiger partial charge is 0.385 e. The smallest absolute Gasteiger partial charge is 0.228 e. The van der Waals surface area contributed by atoms with Gasteiger partial charge in [0, 0.05) is 38.8 Å². The molecule has 0 aromatic carbocycles. The number of rotatable bonds is 4. The Balaban J connectivity index is 1.63. The van der Waals surface area contributed by atoms with Crippen LogP contribution in [0.4, 0.5) is 0 Å². The van der Waals surface area contributed by atoms with Crippen molar-refractivity contribution in [3.63, 3.8) is 0 Å². The van der Waals surface area contributed by atoms with Crippen molar-refractivity contribution >= 4 is 5.91 Å². The fourth-order valence-electron chi connectivity index (χ4n) is 3.89. The molecule has 1 spiro atoms. The van der Waals surface area contributed by atoms with Crippen LogP contribution in [0.3, 0.4) is 0 Å². The molecule has 3 rings (SSSR count). The van der Waals surface area contributed by atoms with Gasteiger partial charge in [0.05, 0.1) is 12.0 Å². The van der Waals surface area contributed by atoms with Gasteiger partial charge in [0.15, 0.2) is 0 Å². The summed E-state index contributed by atoms with van der Waals surface area (Å²) in [6.45, 7) is 4.27. The maximum absolute atomic E-state index is 12.8. The van der Waals surface area contributed by atoms with E-state index in [2.05, 4.69) is 4.90 Å². The van der Waals surface area contributed by atoms with Crippen LogP contribution in [0.2, 0.25) is 0 Å². The van der Waals surface area contributed by atoms with Gasteiger partial charge in [-0.25, -0.2) is 0 Å². The van der Waals surface area contributed by atoms with Gasteiger partial charge in [0.25, 0.3) is 0 Å². The first-order chi connectivity index (χ1) is 9.20. The van der Waals surface area contributed by atoms with Crippen LogP contribution in [0.15, 0.2) is 0 Å². The predicted octanol–water partition coefficient (Wildman–Crippen LogP) is 1.83. The van der Waals surface area contributed by atoms with E-state index in [0.29, 0.717) is 12.5 Å². The third kappa shape index (κ3) is 2.29. The Bertz CT molecular complexity index is 345. The molecule has 0 aromatic heterocycles. The molecule has 1 atom stereocenters. The molecule has 3 aliphatic rings. The van der Waals surface area contributed by atoms with Gasteiger partial charge in [0.2, 0.25) is 5.91 Å². The highest BCUT2D eigenvalue weighted by Gasteiger charge is 2.50. The van der Waals surface area contributed by atoms with Crippen molar-refractivity contribution in [2.45, 2.75) is 38.5 Å². The highest BCUT2D eigenvalue weighted by molar-refractivity contribution is 5.84. The molecule has 2 aliphatic heterocycles. The van der Waals surface area contributed by atoms with Gasteiger partial charge in [-0.3, -0.25) is 4.79 Å². The Hall–Kier alpha value is -0.610. The first kappa shape index (κ1) is 13.4. The Morgan fingerprint density at radius 2 is 2.16 bits per heavy atom. The number of amides is 1. The van der Waals surface area contributed by atoms with Crippen molar-refractivity contribution in [3.8, 4) is 0 Å². The minimum Gasteiger partial charge on any atom is -0.385 e. The van der Waals surface area contributed by atoms with Crippen molar-refractivity contribution in [2.75, 3.05) is 40.0 Å². The van der Waals surface area contributed by atoms with E-state index in [0.717, 1.165) is 58.4 Å². The molecule has 4 nitrogen and oxygen atoms in total. The van der Waals surface area contributed by atoms with Gasteiger partial charge >= 0.3 is 0 Å². The second-order valence-corrected chi connectivity index (χ2v) is 6.66. The first-order valence-corrected chi connectivity index (χ1v) is 7.56. The second kappa shape index (κ2) is 5.06. The normalized spacial score (nSPS) is 32.8. The summed E-state index contributed by atoms with van der Waals surface area (Å²) < 4.78 is 10.7. The Morgan fingerprint density at radius 3 is 2.74 bits per heavy atom. The fraction of sp³-hybridized carbons (Fsp3) is 0.933. The molecule has 108 valence electrons. The Morgan fingerprint density at radius 1 is 1.32 bits per heavy atom. The molecular weight excluding hydrogens is 242 g/mol. The van der Waals surface area contributed by atoms with Crippen LogP contribution in [0.25, 0.3) is 0 Å². The van der Waals surface area contributed by atoms with E-state index in [9.17, 15) is 4.79 Å². The number of hydrogen-bond acceptors (Lipinski definition) is 3. The number of ether oxygens (including phenoxy) is 2. The number of carbonyl (C=O) groups excluding carboxylic acids is 1. The molecular formula is C15H25NO3. The lowest BCUT2D eigenvalue weighted by atomic mass is 9.66. The maximum Gasteiger partial charge on any atom is 0.228 e. The van der Waals surface area contributed by atoms with E-state index < -0.39 is 0 Å². The monoisotopic (exact) mass is 267 g/mol. The zero-order chi connectivity index (χ0) is 13.3. The Labute approximate surface area is 115 Å². The molecule has 19 heavy (non-hydrogen) atoms. The van der Waals surface area contributed by atoms with Crippen molar-refractivity contribution in [2.24, 2.45) is 10.8 Å². The maximum atomic E-state index is 12.8. The molecule has 0 unspecified atom stereocenters. The van der Waals surface area contributed by atoms with Gasteiger partial charge in [-0.1, -0.05) is 6.42 Å². The summed E-state index contributed by atoms with van der Waals surface area (Å²) in [4.78, 5) is 14.9. The van der Waals surface area contributed by atoms with Gasteiger partial charge in [-0.2, -0.15) is 0 Å². The van der Waals surface area contributed by atoms with Crippen molar-refractivity contribution < 1.29 is 14.3 Å². The highest BCUT2D eigenvalue weighted by atomic mass is 16.5. The van der Waals surface area contributed by atoms with Crippen LogP contribution in [0.1, 0.15) is 38.5 Å². The summed E-state index contributed by atoms with van der Waals surface area (Å²) in [5.41, 5.74) is 0.183. The SMILES string of the molecule is COCCC1(C(=O)N2CC[C@@]3(CCOC3)C2)CCC1. The van der Waals surface area contributed by atoms with Crippen LogP contribution in [-0.2, 0) is 14.3 Å². The summed E-state index contributed by atoms with van der Waals surface area (Å²) >= 11 is 0. The summed E-state index contributed by atoms with van der Waals surface area (Å²) in [6, 6.07) is 0. The molecule has 0 N–H and O–H groups in total. The van der Waals surface area contributed by atoms with Crippen LogP contribution in [-0.4, -0.2) is 50.8 Å². The topological polar surface area (TPSA) is 38.8 Å². The van der Waals surface area contributed by atoms with Crippen LogP contribution >= 0.6 is 0 Å². The molecule has 2 heterocycles. The van der Waals surface area contributed by atoms with E-state index >= 15 is 0 Å². The van der Waals surface area contributed by atoms with Crippen LogP contribution < -0.4 is 0 Å².